The molecule has 1 saturated carbocycles. The van der Waals surface area contributed by atoms with Crippen molar-refractivity contribution in [3.05, 3.63) is 0 Å². The van der Waals surface area contributed by atoms with Gasteiger partial charge in [0.1, 0.15) is 5.60 Å². The van der Waals surface area contributed by atoms with Crippen LogP contribution in [0.3, 0.4) is 0 Å². The third-order valence-electron chi connectivity index (χ3n) is 2.74. The molecule has 1 aliphatic rings. The van der Waals surface area contributed by atoms with Crippen molar-refractivity contribution in [1.29, 1.82) is 0 Å². The standard InChI is InChI=1S/C11H21NO2/c1-5-8-12(9-6-7-9)10(13)11(2,3)14-4/h9H,5-8H2,1-4H3. The molecular formula is C11H21NO2. The van der Waals surface area contributed by atoms with Crippen molar-refractivity contribution in [1.82, 2.24) is 4.90 Å². The fourth-order valence-electron chi connectivity index (χ4n) is 1.51. The summed E-state index contributed by atoms with van der Waals surface area (Å²) in [5.41, 5.74) is -0.669. The molecule has 1 fully saturated rings. The third kappa shape index (κ3) is 2.47. The van der Waals surface area contributed by atoms with Gasteiger partial charge >= 0.3 is 0 Å². The Morgan fingerprint density at radius 1 is 1.50 bits per heavy atom. The molecule has 0 aliphatic heterocycles. The second-order valence-corrected chi connectivity index (χ2v) is 4.44. The molecule has 0 unspecified atom stereocenters. The molecule has 0 aromatic rings. The Bertz CT molecular complexity index is 209. The second kappa shape index (κ2) is 4.30. The highest BCUT2D eigenvalue weighted by molar-refractivity contribution is 5.85. The minimum atomic E-state index is -0.669. The Morgan fingerprint density at radius 3 is 2.43 bits per heavy atom. The number of hydrogen-bond donors (Lipinski definition) is 0. The molecule has 14 heavy (non-hydrogen) atoms. The lowest BCUT2D eigenvalue weighted by Crippen LogP contribution is -2.47. The number of nitrogens with zero attached hydrogens (tertiary/aromatic N) is 1. The van der Waals surface area contributed by atoms with Gasteiger partial charge in [0.2, 0.25) is 0 Å². The Kier molecular flexibility index (Phi) is 3.53. The fourth-order valence-corrected chi connectivity index (χ4v) is 1.51. The number of carbonyl (C=O) groups is 1. The first-order chi connectivity index (χ1) is 6.53. The molecule has 3 heteroatoms. The molecule has 0 radical (unpaired) electrons. The average Bonchev–Trinajstić information content (AvgIpc) is 2.96. The van der Waals surface area contributed by atoms with E-state index in [0.29, 0.717) is 6.04 Å². The summed E-state index contributed by atoms with van der Waals surface area (Å²) in [4.78, 5) is 14.0. The van der Waals surface area contributed by atoms with Crippen LogP contribution in [0, 0.1) is 0 Å². The highest BCUT2D eigenvalue weighted by Gasteiger charge is 2.39. The van der Waals surface area contributed by atoms with Crippen LogP contribution in [0.25, 0.3) is 0 Å². The van der Waals surface area contributed by atoms with Gasteiger partial charge in [0.15, 0.2) is 0 Å². The van der Waals surface area contributed by atoms with Gasteiger partial charge in [0.05, 0.1) is 0 Å². The van der Waals surface area contributed by atoms with E-state index in [1.807, 2.05) is 18.7 Å². The summed E-state index contributed by atoms with van der Waals surface area (Å²) in [6, 6.07) is 0.483. The van der Waals surface area contributed by atoms with E-state index in [1.54, 1.807) is 7.11 Å². The Balaban J connectivity index is 2.62. The zero-order valence-corrected chi connectivity index (χ0v) is 9.67. The average molecular weight is 199 g/mol. The molecule has 82 valence electrons. The van der Waals surface area contributed by atoms with Crippen molar-refractivity contribution in [3.63, 3.8) is 0 Å². The molecule has 1 amide bonds. The molecule has 0 saturated heterocycles. The lowest BCUT2D eigenvalue weighted by molar-refractivity contribution is -0.151. The summed E-state index contributed by atoms with van der Waals surface area (Å²) in [7, 11) is 1.59. The Morgan fingerprint density at radius 2 is 2.07 bits per heavy atom. The second-order valence-electron chi connectivity index (χ2n) is 4.44. The van der Waals surface area contributed by atoms with Crippen LogP contribution in [-0.2, 0) is 9.53 Å². The van der Waals surface area contributed by atoms with Crippen LogP contribution < -0.4 is 0 Å². The Labute approximate surface area is 86.4 Å². The van der Waals surface area contributed by atoms with Crippen molar-refractivity contribution in [2.24, 2.45) is 0 Å². The van der Waals surface area contributed by atoms with Crippen LogP contribution in [-0.4, -0.2) is 36.1 Å². The number of hydrogen-bond acceptors (Lipinski definition) is 2. The van der Waals surface area contributed by atoms with Crippen molar-refractivity contribution < 1.29 is 9.53 Å². The van der Waals surface area contributed by atoms with Crippen LogP contribution >= 0.6 is 0 Å². The minimum absolute atomic E-state index is 0.129. The summed E-state index contributed by atoms with van der Waals surface area (Å²) in [5, 5.41) is 0. The van der Waals surface area contributed by atoms with E-state index in [9.17, 15) is 4.79 Å². The predicted molar refractivity (Wildman–Crippen MR) is 56.1 cm³/mol. The number of amides is 1. The quantitative estimate of drug-likeness (QED) is 0.676. The molecule has 0 bridgehead atoms. The number of carbonyl (C=O) groups excluding carboxylic acids is 1. The maximum atomic E-state index is 12.1. The molecule has 0 heterocycles. The van der Waals surface area contributed by atoms with E-state index >= 15 is 0 Å². The first kappa shape index (κ1) is 11.5. The van der Waals surface area contributed by atoms with E-state index < -0.39 is 5.60 Å². The smallest absolute Gasteiger partial charge is 0.254 e. The number of methoxy groups -OCH3 is 1. The third-order valence-corrected chi connectivity index (χ3v) is 2.74. The number of rotatable bonds is 5. The summed E-state index contributed by atoms with van der Waals surface area (Å²) in [6.07, 6.45) is 3.33. The van der Waals surface area contributed by atoms with E-state index in [4.69, 9.17) is 4.74 Å². The van der Waals surface area contributed by atoms with Gasteiger partial charge in [-0.1, -0.05) is 6.92 Å². The molecule has 0 aromatic carbocycles. The first-order valence-corrected chi connectivity index (χ1v) is 5.39. The highest BCUT2D eigenvalue weighted by atomic mass is 16.5. The molecular weight excluding hydrogens is 178 g/mol. The van der Waals surface area contributed by atoms with Crippen molar-refractivity contribution in [2.45, 2.75) is 51.7 Å². The van der Waals surface area contributed by atoms with Gasteiger partial charge < -0.3 is 9.64 Å². The molecule has 0 N–H and O–H groups in total. The lowest BCUT2D eigenvalue weighted by Gasteiger charge is -2.30. The SMILES string of the molecule is CCCN(C(=O)C(C)(C)OC)C1CC1. The van der Waals surface area contributed by atoms with Gasteiger partial charge in [0.25, 0.3) is 5.91 Å². The topological polar surface area (TPSA) is 29.5 Å². The van der Waals surface area contributed by atoms with Crippen molar-refractivity contribution in [2.75, 3.05) is 13.7 Å². The summed E-state index contributed by atoms with van der Waals surface area (Å²) >= 11 is 0. The van der Waals surface area contributed by atoms with Gasteiger partial charge in [-0.15, -0.1) is 0 Å². The molecule has 1 aliphatic carbocycles. The number of ether oxygens (including phenoxy) is 1. The summed E-state index contributed by atoms with van der Waals surface area (Å²) in [6.45, 7) is 6.62. The van der Waals surface area contributed by atoms with Gasteiger partial charge in [-0.3, -0.25) is 4.79 Å². The first-order valence-electron chi connectivity index (χ1n) is 5.39. The molecule has 0 aromatic heterocycles. The van der Waals surface area contributed by atoms with E-state index in [1.165, 1.54) is 0 Å². The molecule has 3 nitrogen and oxygen atoms in total. The predicted octanol–water partition coefficient (Wildman–Crippen LogP) is 1.81. The van der Waals surface area contributed by atoms with Crippen molar-refractivity contribution >= 4 is 5.91 Å². The lowest BCUT2D eigenvalue weighted by atomic mass is 10.1. The fraction of sp³-hybridized carbons (Fsp3) is 0.909. The van der Waals surface area contributed by atoms with Gasteiger partial charge in [0, 0.05) is 19.7 Å². The van der Waals surface area contributed by atoms with Crippen LogP contribution in [0.2, 0.25) is 0 Å². The van der Waals surface area contributed by atoms with E-state index in [0.717, 1.165) is 25.8 Å². The molecule has 0 atom stereocenters. The van der Waals surface area contributed by atoms with Crippen molar-refractivity contribution in [3.8, 4) is 0 Å². The largest absolute Gasteiger partial charge is 0.369 e. The Hall–Kier alpha value is -0.570. The zero-order valence-electron chi connectivity index (χ0n) is 9.67. The highest BCUT2D eigenvalue weighted by Crippen LogP contribution is 2.29. The van der Waals surface area contributed by atoms with Gasteiger partial charge in [-0.05, 0) is 33.1 Å². The minimum Gasteiger partial charge on any atom is -0.369 e. The molecule has 1 rings (SSSR count). The van der Waals surface area contributed by atoms with E-state index in [-0.39, 0.29) is 5.91 Å². The zero-order chi connectivity index (χ0) is 10.8. The maximum Gasteiger partial charge on any atom is 0.254 e. The van der Waals surface area contributed by atoms with Crippen LogP contribution in [0.4, 0.5) is 0 Å². The maximum absolute atomic E-state index is 12.1. The van der Waals surface area contributed by atoms with E-state index in [2.05, 4.69) is 6.92 Å². The van der Waals surface area contributed by atoms with Crippen LogP contribution in [0.5, 0.6) is 0 Å². The summed E-state index contributed by atoms with van der Waals surface area (Å²) < 4.78 is 5.21. The van der Waals surface area contributed by atoms with Gasteiger partial charge in [-0.25, -0.2) is 0 Å². The summed E-state index contributed by atoms with van der Waals surface area (Å²) in [5.74, 6) is 0.129. The van der Waals surface area contributed by atoms with Gasteiger partial charge in [-0.2, -0.15) is 0 Å². The molecule has 0 spiro atoms. The monoisotopic (exact) mass is 199 g/mol. The van der Waals surface area contributed by atoms with Crippen LogP contribution in [0.15, 0.2) is 0 Å². The van der Waals surface area contributed by atoms with Crippen LogP contribution in [0.1, 0.15) is 40.0 Å². The normalized spacial score (nSPS) is 16.9.